The third-order valence-corrected chi connectivity index (χ3v) is 2.46. The van der Waals surface area contributed by atoms with Crippen molar-refractivity contribution in [3.63, 3.8) is 0 Å². The summed E-state index contributed by atoms with van der Waals surface area (Å²) in [6.45, 7) is 9.22. The topological polar surface area (TPSA) is 58.3 Å². The van der Waals surface area contributed by atoms with Gasteiger partial charge in [-0.15, -0.1) is 0 Å². The molecule has 0 heterocycles. The van der Waals surface area contributed by atoms with E-state index in [0.29, 0.717) is 17.8 Å². The Morgan fingerprint density at radius 1 is 1.23 bits per heavy atom. The SMILES string of the molecule is CC(CO)CNCC(CN)C(C)C. The lowest BCUT2D eigenvalue weighted by atomic mass is 9.96. The highest BCUT2D eigenvalue weighted by atomic mass is 16.3. The van der Waals surface area contributed by atoms with Crippen molar-refractivity contribution in [2.75, 3.05) is 26.2 Å². The molecule has 80 valence electrons. The molecule has 3 nitrogen and oxygen atoms in total. The first kappa shape index (κ1) is 12.9. The summed E-state index contributed by atoms with van der Waals surface area (Å²) >= 11 is 0. The van der Waals surface area contributed by atoms with Crippen molar-refractivity contribution < 1.29 is 5.11 Å². The van der Waals surface area contributed by atoms with Gasteiger partial charge in [0.15, 0.2) is 0 Å². The summed E-state index contributed by atoms with van der Waals surface area (Å²) in [5, 5.41) is 12.1. The fraction of sp³-hybridized carbons (Fsp3) is 1.00. The highest BCUT2D eigenvalue weighted by molar-refractivity contribution is 4.67. The van der Waals surface area contributed by atoms with Crippen molar-refractivity contribution in [2.24, 2.45) is 23.5 Å². The Bertz CT molecular complexity index is 117. The Labute approximate surface area is 81.7 Å². The minimum absolute atomic E-state index is 0.252. The molecule has 0 aromatic heterocycles. The van der Waals surface area contributed by atoms with Gasteiger partial charge in [0.2, 0.25) is 0 Å². The summed E-state index contributed by atoms with van der Waals surface area (Å²) in [5.41, 5.74) is 5.63. The van der Waals surface area contributed by atoms with Crippen LogP contribution in [0.5, 0.6) is 0 Å². The maximum atomic E-state index is 8.80. The van der Waals surface area contributed by atoms with Crippen LogP contribution in [0.1, 0.15) is 20.8 Å². The maximum absolute atomic E-state index is 8.80. The van der Waals surface area contributed by atoms with Gasteiger partial charge in [0.1, 0.15) is 0 Å². The smallest absolute Gasteiger partial charge is 0.0468 e. The van der Waals surface area contributed by atoms with E-state index in [0.717, 1.165) is 19.6 Å². The summed E-state index contributed by atoms with van der Waals surface area (Å²) in [6.07, 6.45) is 0. The molecule has 0 bridgehead atoms. The molecule has 0 rings (SSSR count). The molecule has 2 atom stereocenters. The third kappa shape index (κ3) is 6.02. The molecule has 0 radical (unpaired) electrons. The van der Waals surface area contributed by atoms with E-state index >= 15 is 0 Å². The van der Waals surface area contributed by atoms with Gasteiger partial charge in [-0.1, -0.05) is 20.8 Å². The lowest BCUT2D eigenvalue weighted by molar-refractivity contribution is 0.230. The molecule has 13 heavy (non-hydrogen) atoms. The summed E-state index contributed by atoms with van der Waals surface area (Å²) in [5.74, 6) is 1.51. The van der Waals surface area contributed by atoms with Crippen LogP contribution in [0.3, 0.4) is 0 Å². The Kier molecular flexibility index (Phi) is 7.23. The number of rotatable bonds is 7. The van der Waals surface area contributed by atoms with E-state index in [1.54, 1.807) is 0 Å². The Hall–Kier alpha value is -0.120. The van der Waals surface area contributed by atoms with Crippen molar-refractivity contribution in [3.05, 3.63) is 0 Å². The fourth-order valence-electron chi connectivity index (χ4n) is 1.17. The van der Waals surface area contributed by atoms with E-state index in [1.807, 2.05) is 6.92 Å². The van der Waals surface area contributed by atoms with Crippen LogP contribution in [0.4, 0.5) is 0 Å². The first-order valence-electron chi connectivity index (χ1n) is 5.13. The molecular formula is C10H24N2O. The van der Waals surface area contributed by atoms with Gasteiger partial charge in [0.05, 0.1) is 0 Å². The summed E-state index contributed by atoms with van der Waals surface area (Å²) < 4.78 is 0. The van der Waals surface area contributed by atoms with E-state index in [4.69, 9.17) is 10.8 Å². The second-order valence-electron chi connectivity index (χ2n) is 4.19. The van der Waals surface area contributed by atoms with Crippen molar-refractivity contribution in [1.29, 1.82) is 0 Å². The molecule has 0 aromatic rings. The molecule has 4 N–H and O–H groups in total. The molecule has 0 aromatic carbocycles. The Balaban J connectivity index is 3.49. The normalized spacial score (nSPS) is 16.2. The van der Waals surface area contributed by atoms with Crippen LogP contribution in [0.15, 0.2) is 0 Å². The molecule has 0 aliphatic heterocycles. The number of nitrogens with two attached hydrogens (primary N) is 1. The number of aliphatic hydroxyl groups excluding tert-OH is 1. The van der Waals surface area contributed by atoms with Crippen LogP contribution in [0.2, 0.25) is 0 Å². The molecule has 2 unspecified atom stereocenters. The van der Waals surface area contributed by atoms with Gasteiger partial charge in [-0.2, -0.15) is 0 Å². The zero-order valence-electron chi connectivity index (χ0n) is 9.09. The van der Waals surface area contributed by atoms with E-state index in [9.17, 15) is 0 Å². The van der Waals surface area contributed by atoms with Gasteiger partial charge in [-0.05, 0) is 37.4 Å². The van der Waals surface area contributed by atoms with Crippen LogP contribution in [-0.4, -0.2) is 31.3 Å². The van der Waals surface area contributed by atoms with Crippen LogP contribution >= 0.6 is 0 Å². The predicted octanol–water partition coefficient (Wildman–Crippen LogP) is 0.435. The Morgan fingerprint density at radius 2 is 1.85 bits per heavy atom. The quantitative estimate of drug-likeness (QED) is 0.543. The van der Waals surface area contributed by atoms with Crippen molar-refractivity contribution in [3.8, 4) is 0 Å². The zero-order valence-corrected chi connectivity index (χ0v) is 9.09. The average molecular weight is 188 g/mol. The highest BCUT2D eigenvalue weighted by Crippen LogP contribution is 2.07. The summed E-state index contributed by atoms with van der Waals surface area (Å²) in [4.78, 5) is 0. The van der Waals surface area contributed by atoms with Crippen LogP contribution in [0, 0.1) is 17.8 Å². The van der Waals surface area contributed by atoms with Crippen molar-refractivity contribution >= 4 is 0 Å². The molecule has 3 heteroatoms. The van der Waals surface area contributed by atoms with Crippen molar-refractivity contribution in [2.45, 2.75) is 20.8 Å². The first-order valence-corrected chi connectivity index (χ1v) is 5.13. The number of hydrogen-bond acceptors (Lipinski definition) is 3. The summed E-state index contributed by atoms with van der Waals surface area (Å²) in [6, 6.07) is 0. The molecule has 0 aliphatic carbocycles. The molecule has 0 fully saturated rings. The molecule has 0 aliphatic rings. The van der Waals surface area contributed by atoms with Crippen molar-refractivity contribution in [1.82, 2.24) is 5.32 Å². The van der Waals surface area contributed by atoms with Crippen LogP contribution in [-0.2, 0) is 0 Å². The Morgan fingerprint density at radius 3 is 2.23 bits per heavy atom. The van der Waals surface area contributed by atoms with Gasteiger partial charge in [0, 0.05) is 6.61 Å². The molecule has 0 saturated heterocycles. The first-order chi connectivity index (χ1) is 6.11. The lowest BCUT2D eigenvalue weighted by Gasteiger charge is -2.20. The van der Waals surface area contributed by atoms with Gasteiger partial charge in [-0.3, -0.25) is 0 Å². The number of hydrogen-bond donors (Lipinski definition) is 3. The summed E-state index contributed by atoms with van der Waals surface area (Å²) in [7, 11) is 0. The lowest BCUT2D eigenvalue weighted by Crippen LogP contribution is -2.34. The monoisotopic (exact) mass is 188 g/mol. The zero-order chi connectivity index (χ0) is 10.3. The van der Waals surface area contributed by atoms with E-state index < -0.39 is 0 Å². The number of nitrogens with one attached hydrogen (secondary N) is 1. The molecule has 0 amide bonds. The molecule has 0 saturated carbocycles. The molecule has 0 spiro atoms. The van der Waals surface area contributed by atoms with E-state index in [1.165, 1.54) is 0 Å². The van der Waals surface area contributed by atoms with Crippen LogP contribution < -0.4 is 11.1 Å². The minimum atomic E-state index is 0.252. The molecular weight excluding hydrogens is 164 g/mol. The van der Waals surface area contributed by atoms with Gasteiger partial charge < -0.3 is 16.2 Å². The van der Waals surface area contributed by atoms with E-state index in [2.05, 4.69) is 19.2 Å². The van der Waals surface area contributed by atoms with Gasteiger partial charge >= 0.3 is 0 Å². The van der Waals surface area contributed by atoms with Gasteiger partial charge in [-0.25, -0.2) is 0 Å². The van der Waals surface area contributed by atoms with Crippen LogP contribution in [0.25, 0.3) is 0 Å². The minimum Gasteiger partial charge on any atom is -0.396 e. The second kappa shape index (κ2) is 7.30. The maximum Gasteiger partial charge on any atom is 0.0468 e. The third-order valence-electron chi connectivity index (χ3n) is 2.46. The van der Waals surface area contributed by atoms with Gasteiger partial charge in [0.25, 0.3) is 0 Å². The highest BCUT2D eigenvalue weighted by Gasteiger charge is 2.10. The number of aliphatic hydroxyl groups is 1. The second-order valence-corrected chi connectivity index (χ2v) is 4.19. The van der Waals surface area contributed by atoms with E-state index in [-0.39, 0.29) is 6.61 Å². The standard InChI is InChI=1S/C10H24N2O/c1-8(2)10(4-11)6-12-5-9(3)7-13/h8-10,12-13H,4-7,11H2,1-3H3. The fourth-order valence-corrected chi connectivity index (χ4v) is 1.17. The average Bonchev–Trinajstić information content (AvgIpc) is 2.11. The largest absolute Gasteiger partial charge is 0.396 e. The predicted molar refractivity (Wildman–Crippen MR) is 56.5 cm³/mol.